The number of aromatic nitrogens is 3. The molecule has 11 nitrogen and oxygen atoms in total. The third-order valence-corrected chi connectivity index (χ3v) is 5.41. The Hall–Kier alpha value is -4.67. The van der Waals surface area contributed by atoms with Crippen LogP contribution in [0.25, 0.3) is 11.0 Å². The van der Waals surface area contributed by atoms with Crippen molar-refractivity contribution in [2.24, 2.45) is 5.73 Å². The van der Waals surface area contributed by atoms with E-state index in [2.05, 4.69) is 20.6 Å². The second kappa shape index (κ2) is 10.7. The van der Waals surface area contributed by atoms with Gasteiger partial charge in [-0.25, -0.2) is 14.8 Å². The highest BCUT2D eigenvalue weighted by Gasteiger charge is 2.20. The number of primary amides is 1. The summed E-state index contributed by atoms with van der Waals surface area (Å²) >= 11 is 0. The maximum atomic E-state index is 12.8. The van der Waals surface area contributed by atoms with Crippen LogP contribution in [0.1, 0.15) is 44.5 Å². The second-order valence-corrected chi connectivity index (χ2v) is 8.10. The highest BCUT2D eigenvalue weighted by Crippen LogP contribution is 2.23. The van der Waals surface area contributed by atoms with Crippen molar-refractivity contribution in [2.75, 3.05) is 11.9 Å². The van der Waals surface area contributed by atoms with Crippen molar-refractivity contribution in [3.05, 3.63) is 77.0 Å². The summed E-state index contributed by atoms with van der Waals surface area (Å²) in [6.07, 6.45) is -0.00241. The molecular weight excluding hydrogens is 464 g/mol. The molecule has 0 aliphatic carbocycles. The van der Waals surface area contributed by atoms with E-state index in [1.165, 1.54) is 0 Å². The Balaban J connectivity index is 1.44. The Bertz CT molecular complexity index is 1410. The molecular formula is C25H26N6O5. The average molecular weight is 491 g/mol. The number of carbonyl (C=O) groups excluding carboxylic acids is 3. The Morgan fingerprint density at radius 1 is 1.08 bits per heavy atom. The molecule has 2 aromatic carbocycles. The summed E-state index contributed by atoms with van der Waals surface area (Å²) in [5.41, 5.74) is 8.23. The van der Waals surface area contributed by atoms with Crippen molar-refractivity contribution in [1.29, 1.82) is 0 Å². The van der Waals surface area contributed by atoms with Crippen LogP contribution in [-0.4, -0.2) is 39.0 Å². The lowest BCUT2D eigenvalue weighted by Gasteiger charge is -2.11. The van der Waals surface area contributed by atoms with Crippen molar-refractivity contribution in [1.82, 2.24) is 19.9 Å². The van der Waals surface area contributed by atoms with Gasteiger partial charge in [-0.15, -0.1) is 0 Å². The average Bonchev–Trinajstić information content (AvgIpc) is 3.38. The SMILES string of the molecule is Cc1nc(C)c(C(=O)Nc2nc3cc(C(N)=O)ccc3n2CCCNC(=O)OCc2ccccc2)o1. The number of nitrogens with two attached hydrogens (primary N) is 1. The van der Waals surface area contributed by atoms with Crippen LogP contribution in [0, 0.1) is 13.8 Å². The first-order valence-electron chi connectivity index (χ1n) is 11.3. The normalized spacial score (nSPS) is 10.8. The number of ether oxygens (including phenoxy) is 1. The zero-order chi connectivity index (χ0) is 25.7. The molecule has 0 spiro atoms. The van der Waals surface area contributed by atoms with Crippen LogP contribution in [0.5, 0.6) is 0 Å². The lowest BCUT2D eigenvalue weighted by molar-refractivity contribution is 0.0988. The predicted octanol–water partition coefficient (Wildman–Crippen LogP) is 3.31. The molecule has 0 saturated carbocycles. The number of alkyl carbamates (subject to hydrolysis) is 1. The van der Waals surface area contributed by atoms with Gasteiger partial charge in [0, 0.05) is 25.6 Å². The lowest BCUT2D eigenvalue weighted by atomic mass is 10.2. The maximum Gasteiger partial charge on any atom is 0.407 e. The van der Waals surface area contributed by atoms with Gasteiger partial charge in [-0.1, -0.05) is 30.3 Å². The van der Waals surface area contributed by atoms with E-state index < -0.39 is 17.9 Å². The smallest absolute Gasteiger partial charge is 0.407 e. The van der Waals surface area contributed by atoms with E-state index in [4.69, 9.17) is 14.9 Å². The van der Waals surface area contributed by atoms with Crippen molar-refractivity contribution in [2.45, 2.75) is 33.4 Å². The number of benzene rings is 2. The Kier molecular flexibility index (Phi) is 7.28. The van der Waals surface area contributed by atoms with Gasteiger partial charge in [0.1, 0.15) is 6.61 Å². The molecule has 0 aliphatic heterocycles. The number of anilines is 1. The van der Waals surface area contributed by atoms with Gasteiger partial charge in [0.05, 0.1) is 16.7 Å². The molecule has 4 rings (SSSR count). The topological polar surface area (TPSA) is 154 Å². The molecule has 0 radical (unpaired) electrons. The first-order valence-corrected chi connectivity index (χ1v) is 11.3. The number of hydrogen-bond donors (Lipinski definition) is 3. The number of oxazole rings is 1. The quantitative estimate of drug-likeness (QED) is 0.304. The molecule has 4 N–H and O–H groups in total. The van der Waals surface area contributed by atoms with E-state index in [0.29, 0.717) is 47.7 Å². The minimum atomic E-state index is -0.581. The van der Waals surface area contributed by atoms with Crippen molar-refractivity contribution >= 4 is 34.9 Å². The Labute approximate surface area is 206 Å². The summed E-state index contributed by atoms with van der Waals surface area (Å²) < 4.78 is 12.4. The fourth-order valence-corrected chi connectivity index (χ4v) is 3.71. The number of amides is 3. The van der Waals surface area contributed by atoms with E-state index >= 15 is 0 Å². The van der Waals surface area contributed by atoms with Gasteiger partial charge in [0.15, 0.2) is 5.89 Å². The first kappa shape index (κ1) is 24.5. The molecule has 0 unspecified atom stereocenters. The number of carbonyl (C=O) groups is 3. The van der Waals surface area contributed by atoms with E-state index in [9.17, 15) is 14.4 Å². The predicted molar refractivity (Wildman–Crippen MR) is 131 cm³/mol. The number of rotatable bonds is 9. The van der Waals surface area contributed by atoms with Crippen molar-refractivity contribution in [3.8, 4) is 0 Å². The van der Waals surface area contributed by atoms with E-state index in [1.54, 1.807) is 36.6 Å². The molecule has 0 saturated heterocycles. The zero-order valence-corrected chi connectivity index (χ0v) is 19.9. The van der Waals surface area contributed by atoms with Gasteiger partial charge < -0.3 is 24.8 Å². The van der Waals surface area contributed by atoms with Crippen LogP contribution >= 0.6 is 0 Å². The number of nitrogens with one attached hydrogen (secondary N) is 2. The van der Waals surface area contributed by atoms with Crippen LogP contribution in [-0.2, 0) is 17.9 Å². The van der Waals surface area contributed by atoms with Crippen molar-refractivity contribution < 1.29 is 23.5 Å². The van der Waals surface area contributed by atoms with Crippen LogP contribution in [0.3, 0.4) is 0 Å². The highest BCUT2D eigenvalue weighted by molar-refractivity contribution is 6.03. The monoisotopic (exact) mass is 490 g/mol. The summed E-state index contributed by atoms with van der Waals surface area (Å²) in [5.74, 6) is -0.351. The molecule has 0 bridgehead atoms. The summed E-state index contributed by atoms with van der Waals surface area (Å²) in [4.78, 5) is 45.1. The molecule has 0 fully saturated rings. The number of nitrogens with zero attached hydrogens (tertiary/aromatic N) is 3. The van der Waals surface area contributed by atoms with Crippen LogP contribution in [0.4, 0.5) is 10.7 Å². The van der Waals surface area contributed by atoms with E-state index in [-0.39, 0.29) is 18.3 Å². The molecule has 4 aromatic rings. The number of fused-ring (bicyclic) bond motifs is 1. The number of hydrogen-bond acceptors (Lipinski definition) is 7. The van der Waals surface area contributed by atoms with Gasteiger partial charge in [0.25, 0.3) is 5.91 Å². The third-order valence-electron chi connectivity index (χ3n) is 5.41. The second-order valence-electron chi connectivity index (χ2n) is 8.10. The van der Waals surface area contributed by atoms with Gasteiger partial charge >= 0.3 is 6.09 Å². The molecule has 186 valence electrons. The lowest BCUT2D eigenvalue weighted by Crippen LogP contribution is -2.26. The molecule has 11 heteroatoms. The fourth-order valence-electron chi connectivity index (χ4n) is 3.71. The third kappa shape index (κ3) is 5.69. The molecule has 0 atom stereocenters. The Morgan fingerprint density at radius 3 is 2.56 bits per heavy atom. The molecule has 36 heavy (non-hydrogen) atoms. The van der Waals surface area contributed by atoms with Crippen LogP contribution in [0.2, 0.25) is 0 Å². The van der Waals surface area contributed by atoms with Gasteiger partial charge in [-0.2, -0.15) is 0 Å². The fraction of sp³-hybridized carbons (Fsp3) is 0.240. The Morgan fingerprint density at radius 2 is 1.86 bits per heavy atom. The van der Waals surface area contributed by atoms with Crippen molar-refractivity contribution in [3.63, 3.8) is 0 Å². The molecule has 2 aromatic heterocycles. The molecule has 2 heterocycles. The summed E-state index contributed by atoms with van der Waals surface area (Å²) in [5, 5.41) is 5.48. The maximum absolute atomic E-state index is 12.8. The minimum absolute atomic E-state index is 0.0896. The van der Waals surface area contributed by atoms with Gasteiger partial charge in [0.2, 0.25) is 17.6 Å². The first-order chi connectivity index (χ1) is 17.3. The van der Waals surface area contributed by atoms with Crippen LogP contribution in [0.15, 0.2) is 52.9 Å². The zero-order valence-electron chi connectivity index (χ0n) is 19.9. The van der Waals surface area contributed by atoms with E-state index in [0.717, 1.165) is 5.56 Å². The van der Waals surface area contributed by atoms with Gasteiger partial charge in [-0.05, 0) is 37.1 Å². The summed E-state index contributed by atoms with van der Waals surface area (Å²) in [7, 11) is 0. The number of aryl methyl sites for hydroxylation is 3. The molecule has 0 aliphatic rings. The number of imidazole rings is 1. The highest BCUT2D eigenvalue weighted by atomic mass is 16.5. The minimum Gasteiger partial charge on any atom is -0.445 e. The summed E-state index contributed by atoms with van der Waals surface area (Å²) in [6.45, 7) is 4.26. The summed E-state index contributed by atoms with van der Waals surface area (Å²) in [6, 6.07) is 14.3. The standard InChI is InChI=1S/C25H26N6O5/c1-15-21(36-16(2)28-15)23(33)30-24-29-19-13-18(22(26)32)9-10-20(19)31(24)12-6-11-27-25(34)35-14-17-7-4-3-5-8-17/h3-5,7-10,13H,6,11-12,14H2,1-2H3,(H2,26,32)(H,27,34)(H,29,30,33). The van der Waals surface area contributed by atoms with Gasteiger partial charge in [-0.3, -0.25) is 14.9 Å². The molecule has 3 amide bonds. The van der Waals surface area contributed by atoms with Crippen LogP contribution < -0.4 is 16.4 Å². The largest absolute Gasteiger partial charge is 0.445 e. The van der Waals surface area contributed by atoms with E-state index in [1.807, 2.05) is 30.3 Å².